The van der Waals surface area contributed by atoms with Gasteiger partial charge in [-0.15, -0.1) is 0 Å². The van der Waals surface area contributed by atoms with Crippen molar-refractivity contribution >= 4 is 11.7 Å². The van der Waals surface area contributed by atoms with Crippen molar-refractivity contribution in [2.75, 3.05) is 11.7 Å². The van der Waals surface area contributed by atoms with Crippen molar-refractivity contribution < 1.29 is 9.90 Å². The van der Waals surface area contributed by atoms with E-state index in [2.05, 4.69) is 5.43 Å². The molecule has 0 spiro atoms. The quantitative estimate of drug-likeness (QED) is 0.851. The summed E-state index contributed by atoms with van der Waals surface area (Å²) in [7, 11) is 0. The Balaban J connectivity index is 2.35. The molecule has 0 saturated heterocycles. The summed E-state index contributed by atoms with van der Waals surface area (Å²) in [6.45, 7) is 4.66. The molecule has 5 heteroatoms. The van der Waals surface area contributed by atoms with Crippen LogP contribution in [-0.4, -0.2) is 22.6 Å². The Labute approximate surface area is 106 Å². The highest BCUT2D eigenvalue weighted by atomic mass is 16.4. The molecule has 0 fully saturated rings. The molecular formula is C13H17N3O2. The van der Waals surface area contributed by atoms with Crippen molar-refractivity contribution in [2.45, 2.75) is 20.3 Å². The van der Waals surface area contributed by atoms with Gasteiger partial charge in [0.15, 0.2) is 5.70 Å². The van der Waals surface area contributed by atoms with E-state index in [9.17, 15) is 9.90 Å². The summed E-state index contributed by atoms with van der Waals surface area (Å²) in [5.74, 6) is -0.927. The molecule has 1 aromatic rings. The maximum Gasteiger partial charge on any atom is 0.355 e. The standard InChI is InChI=1S/C13H17N3O2/c1-3-11-12(13(17)18)14-16(15(11)4-2)10-8-6-5-7-9-10/h5-9,14H,3-4H2,1-2H3,(H,17,18). The number of carbonyl (C=O) groups is 1. The minimum atomic E-state index is -0.927. The molecule has 0 bridgehead atoms. The first kappa shape index (κ1) is 12.3. The Bertz CT molecular complexity index is 470. The minimum Gasteiger partial charge on any atom is -0.476 e. The molecule has 2 rings (SSSR count). The number of nitrogens with one attached hydrogen (secondary N) is 1. The van der Waals surface area contributed by atoms with Gasteiger partial charge in [-0.2, -0.15) is 5.12 Å². The van der Waals surface area contributed by atoms with Crippen molar-refractivity contribution in [1.82, 2.24) is 10.4 Å². The van der Waals surface area contributed by atoms with Crippen LogP contribution in [0.25, 0.3) is 0 Å². The van der Waals surface area contributed by atoms with Crippen LogP contribution in [0.15, 0.2) is 41.7 Å². The zero-order valence-corrected chi connectivity index (χ0v) is 10.6. The van der Waals surface area contributed by atoms with Crippen LogP contribution in [0.1, 0.15) is 20.3 Å². The van der Waals surface area contributed by atoms with Crippen molar-refractivity contribution in [2.24, 2.45) is 0 Å². The van der Waals surface area contributed by atoms with Gasteiger partial charge in [-0.05, 0) is 25.5 Å². The van der Waals surface area contributed by atoms with E-state index in [4.69, 9.17) is 0 Å². The molecule has 0 aliphatic carbocycles. The van der Waals surface area contributed by atoms with Gasteiger partial charge >= 0.3 is 5.97 Å². The molecule has 5 nitrogen and oxygen atoms in total. The number of benzene rings is 1. The van der Waals surface area contributed by atoms with Gasteiger partial charge in [-0.25, -0.2) is 4.79 Å². The SMILES string of the molecule is CCC1=C(C(=O)O)NN(c2ccccc2)N1CC. The second-order valence-electron chi connectivity index (χ2n) is 3.96. The van der Waals surface area contributed by atoms with Crippen LogP contribution in [0, 0.1) is 0 Å². The van der Waals surface area contributed by atoms with Gasteiger partial charge in [0.1, 0.15) is 0 Å². The third-order valence-electron chi connectivity index (χ3n) is 2.91. The number of anilines is 1. The number of hydrazine groups is 2. The first-order valence-electron chi connectivity index (χ1n) is 6.04. The molecule has 1 aromatic carbocycles. The summed E-state index contributed by atoms with van der Waals surface area (Å²) in [5, 5.41) is 12.9. The Morgan fingerprint density at radius 1 is 1.28 bits per heavy atom. The number of nitrogens with zero attached hydrogens (tertiary/aromatic N) is 2. The van der Waals surface area contributed by atoms with Gasteiger partial charge in [-0.3, -0.25) is 10.4 Å². The highest BCUT2D eigenvalue weighted by molar-refractivity contribution is 5.88. The van der Waals surface area contributed by atoms with Gasteiger partial charge < -0.3 is 5.11 Å². The van der Waals surface area contributed by atoms with E-state index >= 15 is 0 Å². The van der Waals surface area contributed by atoms with Crippen molar-refractivity contribution in [1.29, 1.82) is 0 Å². The molecule has 18 heavy (non-hydrogen) atoms. The van der Waals surface area contributed by atoms with E-state index in [1.807, 2.05) is 49.2 Å². The molecule has 0 amide bonds. The topological polar surface area (TPSA) is 55.8 Å². The fraction of sp³-hybridized carbons (Fsp3) is 0.308. The smallest absolute Gasteiger partial charge is 0.355 e. The lowest BCUT2D eigenvalue weighted by Gasteiger charge is -2.31. The van der Waals surface area contributed by atoms with Gasteiger partial charge in [0.2, 0.25) is 0 Å². The number of carboxylic acid groups (broad SMARTS) is 1. The van der Waals surface area contributed by atoms with Gasteiger partial charge in [0.25, 0.3) is 0 Å². The minimum absolute atomic E-state index is 0.253. The number of carboxylic acids is 1. The van der Waals surface area contributed by atoms with Crippen LogP contribution in [0.5, 0.6) is 0 Å². The number of para-hydroxylation sites is 1. The summed E-state index contributed by atoms with van der Waals surface area (Å²) in [6, 6.07) is 9.66. The highest BCUT2D eigenvalue weighted by Gasteiger charge is 2.31. The van der Waals surface area contributed by atoms with E-state index in [0.717, 1.165) is 11.4 Å². The number of aliphatic carboxylic acids is 1. The summed E-state index contributed by atoms with van der Waals surface area (Å²) < 4.78 is 0. The Morgan fingerprint density at radius 3 is 2.44 bits per heavy atom. The van der Waals surface area contributed by atoms with Crippen LogP contribution in [0.2, 0.25) is 0 Å². The van der Waals surface area contributed by atoms with Crippen LogP contribution >= 0.6 is 0 Å². The summed E-state index contributed by atoms with van der Waals surface area (Å²) >= 11 is 0. The van der Waals surface area contributed by atoms with E-state index < -0.39 is 5.97 Å². The van der Waals surface area contributed by atoms with E-state index in [1.165, 1.54) is 0 Å². The maximum absolute atomic E-state index is 11.2. The molecule has 1 aliphatic rings. The summed E-state index contributed by atoms with van der Waals surface area (Å²) in [4.78, 5) is 11.2. The zero-order chi connectivity index (χ0) is 13.1. The Kier molecular flexibility index (Phi) is 3.41. The number of hydrogen-bond acceptors (Lipinski definition) is 4. The first-order valence-corrected chi connectivity index (χ1v) is 6.04. The molecule has 0 saturated carbocycles. The van der Waals surface area contributed by atoms with Crippen molar-refractivity contribution in [3.63, 3.8) is 0 Å². The number of hydrogen-bond donors (Lipinski definition) is 2. The maximum atomic E-state index is 11.2. The lowest BCUT2D eigenvalue weighted by molar-refractivity contribution is -0.133. The average molecular weight is 247 g/mol. The van der Waals surface area contributed by atoms with Crippen molar-refractivity contribution in [3.05, 3.63) is 41.7 Å². The van der Waals surface area contributed by atoms with Crippen LogP contribution in [0.4, 0.5) is 5.69 Å². The molecule has 96 valence electrons. The second-order valence-corrected chi connectivity index (χ2v) is 3.96. The summed E-state index contributed by atoms with van der Waals surface area (Å²) in [6.07, 6.45) is 0.672. The third kappa shape index (κ3) is 1.99. The molecule has 0 radical (unpaired) electrons. The van der Waals surface area contributed by atoms with Crippen LogP contribution in [-0.2, 0) is 4.79 Å². The lowest BCUT2D eigenvalue weighted by Crippen LogP contribution is -2.44. The van der Waals surface area contributed by atoms with Crippen LogP contribution in [0.3, 0.4) is 0 Å². The van der Waals surface area contributed by atoms with Gasteiger partial charge in [0.05, 0.1) is 11.4 Å². The second kappa shape index (κ2) is 5.00. The monoisotopic (exact) mass is 247 g/mol. The number of allylic oxidation sites excluding steroid dienone is 1. The highest BCUT2D eigenvalue weighted by Crippen LogP contribution is 2.26. The third-order valence-corrected chi connectivity index (χ3v) is 2.91. The van der Waals surface area contributed by atoms with E-state index in [1.54, 1.807) is 5.12 Å². The van der Waals surface area contributed by atoms with Gasteiger partial charge in [0, 0.05) is 6.54 Å². The fourth-order valence-electron chi connectivity index (χ4n) is 2.12. The van der Waals surface area contributed by atoms with Gasteiger partial charge in [-0.1, -0.05) is 25.1 Å². The zero-order valence-electron chi connectivity index (χ0n) is 10.6. The molecule has 0 unspecified atom stereocenters. The van der Waals surface area contributed by atoms with E-state index in [0.29, 0.717) is 13.0 Å². The predicted molar refractivity (Wildman–Crippen MR) is 69.4 cm³/mol. The Morgan fingerprint density at radius 2 is 1.94 bits per heavy atom. The normalized spacial score (nSPS) is 15.0. The lowest BCUT2D eigenvalue weighted by atomic mass is 10.2. The largest absolute Gasteiger partial charge is 0.476 e. The average Bonchev–Trinajstić information content (AvgIpc) is 2.78. The molecular weight excluding hydrogens is 230 g/mol. The number of rotatable bonds is 4. The predicted octanol–water partition coefficient (Wildman–Crippen LogP) is 1.95. The fourth-order valence-corrected chi connectivity index (χ4v) is 2.12. The van der Waals surface area contributed by atoms with Crippen LogP contribution < -0.4 is 10.5 Å². The molecule has 2 N–H and O–H groups in total. The Hall–Kier alpha value is -2.17. The first-order chi connectivity index (χ1) is 8.69. The van der Waals surface area contributed by atoms with Crippen molar-refractivity contribution in [3.8, 4) is 0 Å². The molecule has 1 heterocycles. The molecule has 1 aliphatic heterocycles. The summed E-state index contributed by atoms with van der Waals surface area (Å²) in [5.41, 5.74) is 4.92. The van der Waals surface area contributed by atoms with E-state index in [-0.39, 0.29) is 5.70 Å². The molecule has 0 aromatic heterocycles. The molecule has 0 atom stereocenters.